The maximum Gasteiger partial charge on any atom is 0.271 e. The van der Waals surface area contributed by atoms with E-state index in [2.05, 4.69) is 42.7 Å². The minimum absolute atomic E-state index is 0.262. The summed E-state index contributed by atoms with van der Waals surface area (Å²) >= 11 is 0. The molecule has 3 aromatic heterocycles. The van der Waals surface area contributed by atoms with Crippen molar-refractivity contribution in [3.8, 4) is 0 Å². The zero-order chi connectivity index (χ0) is 19.2. The smallest absolute Gasteiger partial charge is 0.271 e. The summed E-state index contributed by atoms with van der Waals surface area (Å²) in [7, 11) is 0. The second-order valence-electron chi connectivity index (χ2n) is 6.37. The molecule has 7 nitrogen and oxygen atoms in total. The fraction of sp³-hybridized carbons (Fsp3) is 0.143. The number of nitrogens with zero attached hydrogens (tertiary/aromatic N) is 3. The summed E-state index contributed by atoms with van der Waals surface area (Å²) in [5.74, 6) is 0.380. The summed E-state index contributed by atoms with van der Waals surface area (Å²) in [5, 5.41) is 7.28. The van der Waals surface area contributed by atoms with Gasteiger partial charge < -0.3 is 15.6 Å². The van der Waals surface area contributed by atoms with Crippen molar-refractivity contribution >= 4 is 22.6 Å². The van der Waals surface area contributed by atoms with E-state index in [1.807, 2.05) is 30.5 Å². The van der Waals surface area contributed by atoms with Gasteiger partial charge in [0.1, 0.15) is 11.5 Å². The Balaban J connectivity index is 1.29. The van der Waals surface area contributed by atoms with E-state index in [9.17, 15) is 4.79 Å². The number of hydrogen-bond donors (Lipinski definition) is 3. The highest BCUT2D eigenvalue weighted by atomic mass is 16.1. The predicted octanol–water partition coefficient (Wildman–Crippen LogP) is 2.94. The topological polar surface area (TPSA) is 95.6 Å². The highest BCUT2D eigenvalue weighted by Crippen LogP contribution is 2.18. The minimum Gasteiger partial charge on any atom is -0.368 e. The highest BCUT2D eigenvalue weighted by Gasteiger charge is 2.08. The maximum atomic E-state index is 12.2. The normalized spacial score (nSPS) is 10.7. The summed E-state index contributed by atoms with van der Waals surface area (Å²) in [4.78, 5) is 27.9. The summed E-state index contributed by atoms with van der Waals surface area (Å²) in [6, 6.07) is 12.0. The molecule has 1 amide bonds. The quantitative estimate of drug-likeness (QED) is 0.464. The van der Waals surface area contributed by atoms with Gasteiger partial charge in [0.2, 0.25) is 0 Å². The van der Waals surface area contributed by atoms with Crippen LogP contribution < -0.4 is 10.6 Å². The number of aromatic amines is 1. The van der Waals surface area contributed by atoms with Gasteiger partial charge in [0.05, 0.1) is 12.4 Å². The van der Waals surface area contributed by atoms with Crippen molar-refractivity contribution in [2.75, 3.05) is 11.9 Å². The van der Waals surface area contributed by atoms with Crippen molar-refractivity contribution in [3.05, 3.63) is 84.2 Å². The molecule has 0 atom stereocenters. The molecule has 0 aliphatic rings. The fourth-order valence-corrected chi connectivity index (χ4v) is 2.98. The lowest BCUT2D eigenvalue weighted by Gasteiger charge is -2.07. The number of carbonyl (C=O) groups excluding carboxylic acids is 1. The van der Waals surface area contributed by atoms with Crippen molar-refractivity contribution in [3.63, 3.8) is 0 Å². The molecule has 0 unspecified atom stereocenters. The van der Waals surface area contributed by atoms with Crippen LogP contribution in [0.3, 0.4) is 0 Å². The summed E-state index contributed by atoms with van der Waals surface area (Å²) in [5.41, 5.74) is 3.60. The van der Waals surface area contributed by atoms with Crippen LogP contribution in [0, 0.1) is 0 Å². The average Bonchev–Trinajstić information content (AvgIpc) is 3.16. The molecular weight excluding hydrogens is 352 g/mol. The van der Waals surface area contributed by atoms with Crippen LogP contribution in [0.1, 0.15) is 21.6 Å². The number of anilines is 1. The fourth-order valence-electron chi connectivity index (χ4n) is 2.98. The molecule has 4 aromatic rings. The van der Waals surface area contributed by atoms with E-state index in [-0.39, 0.29) is 11.6 Å². The summed E-state index contributed by atoms with van der Waals surface area (Å²) in [6.07, 6.45) is 9.36. The molecule has 0 radical (unpaired) electrons. The van der Waals surface area contributed by atoms with Gasteiger partial charge in [-0.25, -0.2) is 9.97 Å². The first-order valence-corrected chi connectivity index (χ1v) is 9.07. The number of fused-ring (bicyclic) bond motifs is 1. The Morgan fingerprint density at radius 1 is 1.04 bits per heavy atom. The molecule has 28 heavy (non-hydrogen) atoms. The number of hydrogen-bond acceptors (Lipinski definition) is 5. The molecule has 4 rings (SSSR count). The molecule has 0 saturated heterocycles. The molecule has 3 N–H and O–H groups in total. The molecule has 0 spiro atoms. The number of para-hydroxylation sites is 1. The molecular formula is C21H20N6O. The van der Waals surface area contributed by atoms with E-state index < -0.39 is 0 Å². The van der Waals surface area contributed by atoms with Gasteiger partial charge in [0.15, 0.2) is 0 Å². The lowest BCUT2D eigenvalue weighted by atomic mass is 10.1. The van der Waals surface area contributed by atoms with Gasteiger partial charge in [-0.3, -0.25) is 9.78 Å². The van der Waals surface area contributed by atoms with Crippen LogP contribution in [0.4, 0.5) is 5.82 Å². The Morgan fingerprint density at radius 3 is 2.79 bits per heavy atom. The van der Waals surface area contributed by atoms with Crippen LogP contribution in [0.15, 0.2) is 67.4 Å². The molecule has 0 bridgehead atoms. The molecule has 0 aliphatic heterocycles. The number of H-pyrrole nitrogens is 1. The molecule has 1 aromatic carbocycles. The summed E-state index contributed by atoms with van der Waals surface area (Å²) < 4.78 is 0. The lowest BCUT2D eigenvalue weighted by molar-refractivity contribution is 0.0945. The van der Waals surface area contributed by atoms with Crippen molar-refractivity contribution in [1.82, 2.24) is 25.3 Å². The van der Waals surface area contributed by atoms with Gasteiger partial charge in [0, 0.05) is 42.6 Å². The van der Waals surface area contributed by atoms with Gasteiger partial charge in [-0.2, -0.15) is 0 Å². The third-order valence-electron chi connectivity index (χ3n) is 4.44. The lowest BCUT2D eigenvalue weighted by Crippen LogP contribution is -2.24. The first kappa shape index (κ1) is 17.7. The largest absolute Gasteiger partial charge is 0.368 e. The van der Waals surface area contributed by atoms with Gasteiger partial charge in [-0.15, -0.1) is 0 Å². The number of nitrogens with one attached hydrogen (secondary N) is 3. The van der Waals surface area contributed by atoms with Gasteiger partial charge >= 0.3 is 0 Å². The Morgan fingerprint density at radius 2 is 1.96 bits per heavy atom. The molecule has 140 valence electrons. The average molecular weight is 372 g/mol. The Bertz CT molecular complexity index is 1060. The van der Waals surface area contributed by atoms with Crippen molar-refractivity contribution in [1.29, 1.82) is 0 Å². The van der Waals surface area contributed by atoms with E-state index in [4.69, 9.17) is 0 Å². The van der Waals surface area contributed by atoms with E-state index >= 15 is 0 Å². The van der Waals surface area contributed by atoms with E-state index in [0.29, 0.717) is 12.4 Å². The third kappa shape index (κ3) is 4.15. The minimum atomic E-state index is -0.262. The van der Waals surface area contributed by atoms with Crippen molar-refractivity contribution < 1.29 is 4.79 Å². The van der Waals surface area contributed by atoms with Crippen molar-refractivity contribution in [2.24, 2.45) is 0 Å². The number of carbonyl (C=O) groups is 1. The first-order chi connectivity index (χ1) is 13.8. The summed E-state index contributed by atoms with van der Waals surface area (Å²) in [6.45, 7) is 1.13. The second kappa shape index (κ2) is 8.30. The molecule has 0 saturated carbocycles. The first-order valence-electron chi connectivity index (χ1n) is 9.07. The third-order valence-corrected chi connectivity index (χ3v) is 4.44. The number of pyridine rings is 1. The zero-order valence-corrected chi connectivity index (χ0v) is 15.2. The van der Waals surface area contributed by atoms with E-state index in [1.165, 1.54) is 17.1 Å². The van der Waals surface area contributed by atoms with E-state index in [0.717, 1.165) is 24.0 Å². The number of aromatic nitrogens is 4. The Kier molecular flexibility index (Phi) is 5.24. The van der Waals surface area contributed by atoms with Gasteiger partial charge in [-0.1, -0.05) is 24.3 Å². The molecule has 3 heterocycles. The predicted molar refractivity (Wildman–Crippen MR) is 108 cm³/mol. The number of rotatable bonds is 7. The van der Waals surface area contributed by atoms with E-state index in [1.54, 1.807) is 18.6 Å². The standard InChI is InChI=1S/C21H20N6O/c28-21(27-11-15-4-3-8-22-10-15)19-13-26-20(14-25-19)23-9-7-16-12-24-18-6-2-1-5-17(16)18/h1-6,8,10,12-14,24H,7,9,11H2,(H,23,26)(H,27,28). The van der Waals surface area contributed by atoms with Crippen LogP contribution in [0.25, 0.3) is 10.9 Å². The Labute approximate surface area is 162 Å². The highest BCUT2D eigenvalue weighted by molar-refractivity contribution is 5.92. The SMILES string of the molecule is O=C(NCc1cccnc1)c1cnc(NCCc2c[nH]c3ccccc23)cn1. The van der Waals surface area contributed by atoms with Gasteiger partial charge in [0.25, 0.3) is 5.91 Å². The van der Waals surface area contributed by atoms with Crippen LogP contribution >= 0.6 is 0 Å². The van der Waals surface area contributed by atoms with Gasteiger partial charge in [-0.05, 0) is 29.7 Å². The molecule has 7 heteroatoms. The zero-order valence-electron chi connectivity index (χ0n) is 15.2. The van der Waals surface area contributed by atoms with Crippen LogP contribution in [-0.4, -0.2) is 32.4 Å². The number of amides is 1. The van der Waals surface area contributed by atoms with Crippen LogP contribution in [-0.2, 0) is 13.0 Å². The molecule has 0 aliphatic carbocycles. The number of benzene rings is 1. The van der Waals surface area contributed by atoms with Crippen molar-refractivity contribution in [2.45, 2.75) is 13.0 Å². The monoisotopic (exact) mass is 372 g/mol. The Hall–Kier alpha value is -3.74. The van der Waals surface area contributed by atoms with Crippen LogP contribution in [0.2, 0.25) is 0 Å². The second-order valence-corrected chi connectivity index (χ2v) is 6.37. The molecule has 0 fully saturated rings. The van der Waals surface area contributed by atoms with Crippen LogP contribution in [0.5, 0.6) is 0 Å². The maximum absolute atomic E-state index is 12.2.